The predicted octanol–water partition coefficient (Wildman–Crippen LogP) is 4.12. The number of ether oxygens (including phenoxy) is 3. The topological polar surface area (TPSA) is 77.1 Å². The Morgan fingerprint density at radius 1 is 1.13 bits per heavy atom. The molecule has 5 rings (SSSR count). The van der Waals surface area contributed by atoms with Crippen molar-refractivity contribution >= 4 is 23.2 Å². The fourth-order valence-corrected chi connectivity index (χ4v) is 4.56. The summed E-state index contributed by atoms with van der Waals surface area (Å²) >= 11 is 0. The number of amides is 2. The quantitative estimate of drug-likeness (QED) is 0.784. The van der Waals surface area contributed by atoms with Crippen molar-refractivity contribution in [2.75, 3.05) is 23.4 Å². The van der Waals surface area contributed by atoms with Crippen LogP contribution in [0.1, 0.15) is 39.0 Å². The smallest absolute Gasteiger partial charge is 0.251 e. The predicted molar refractivity (Wildman–Crippen MR) is 116 cm³/mol. The van der Waals surface area contributed by atoms with Crippen LogP contribution < -0.4 is 24.4 Å². The molecule has 2 heterocycles. The van der Waals surface area contributed by atoms with Gasteiger partial charge in [0, 0.05) is 43.2 Å². The summed E-state index contributed by atoms with van der Waals surface area (Å²) in [4.78, 5) is 27.0. The standard InChI is InChI=1S/C24H26N2O5/c1-2-29-19-8-6-18(7-9-19)26-15-16(13-22(26)27)23(28)25-17-5-10-20-21(14-17)31-24(30-20)11-3-4-12-24/h5-10,14,16H,2-4,11-13,15H2,1H3,(H,25,28). The molecule has 0 radical (unpaired) electrons. The molecule has 1 saturated heterocycles. The van der Waals surface area contributed by atoms with Crippen molar-refractivity contribution in [3.05, 3.63) is 42.5 Å². The summed E-state index contributed by atoms with van der Waals surface area (Å²) in [6, 6.07) is 12.8. The van der Waals surface area contributed by atoms with E-state index in [-0.39, 0.29) is 18.2 Å². The van der Waals surface area contributed by atoms with Crippen molar-refractivity contribution in [2.45, 2.75) is 44.8 Å². The monoisotopic (exact) mass is 422 g/mol. The summed E-state index contributed by atoms with van der Waals surface area (Å²) in [6.07, 6.45) is 4.15. The molecular weight excluding hydrogens is 396 g/mol. The molecule has 0 bridgehead atoms. The molecule has 7 nitrogen and oxygen atoms in total. The molecule has 2 aliphatic heterocycles. The summed E-state index contributed by atoms with van der Waals surface area (Å²) in [6.45, 7) is 2.87. The van der Waals surface area contributed by atoms with Gasteiger partial charge in [0.15, 0.2) is 11.5 Å². The lowest BCUT2D eigenvalue weighted by atomic mass is 10.1. The lowest BCUT2D eigenvalue weighted by molar-refractivity contribution is -0.122. The molecule has 1 saturated carbocycles. The van der Waals surface area contributed by atoms with Crippen molar-refractivity contribution in [1.29, 1.82) is 0 Å². The summed E-state index contributed by atoms with van der Waals surface area (Å²) in [5.74, 6) is 0.978. The van der Waals surface area contributed by atoms with Crippen LogP contribution in [0, 0.1) is 5.92 Å². The second kappa shape index (κ2) is 7.80. The van der Waals surface area contributed by atoms with Gasteiger partial charge in [-0.25, -0.2) is 0 Å². The van der Waals surface area contributed by atoms with Crippen molar-refractivity contribution < 1.29 is 23.8 Å². The van der Waals surface area contributed by atoms with Gasteiger partial charge in [-0.05, 0) is 56.2 Å². The average Bonchev–Trinajstić information content (AvgIpc) is 3.47. The number of carbonyl (C=O) groups is 2. The van der Waals surface area contributed by atoms with E-state index in [2.05, 4.69) is 5.32 Å². The first-order valence-electron chi connectivity index (χ1n) is 10.9. The highest BCUT2D eigenvalue weighted by molar-refractivity contribution is 6.03. The van der Waals surface area contributed by atoms with Crippen LogP contribution in [0.25, 0.3) is 0 Å². The molecule has 1 atom stereocenters. The molecule has 1 unspecified atom stereocenters. The molecule has 2 fully saturated rings. The zero-order chi connectivity index (χ0) is 21.4. The Balaban J connectivity index is 1.23. The molecule has 2 amide bonds. The van der Waals surface area contributed by atoms with Gasteiger partial charge in [-0.15, -0.1) is 0 Å². The maximum absolute atomic E-state index is 12.8. The van der Waals surface area contributed by atoms with Crippen LogP contribution in [0.4, 0.5) is 11.4 Å². The Bertz CT molecular complexity index is 998. The Labute approximate surface area is 181 Å². The summed E-state index contributed by atoms with van der Waals surface area (Å²) in [7, 11) is 0. The molecule has 1 spiro atoms. The minimum Gasteiger partial charge on any atom is -0.494 e. The number of nitrogens with one attached hydrogen (secondary N) is 1. The maximum atomic E-state index is 12.8. The van der Waals surface area contributed by atoms with Crippen LogP contribution in [-0.4, -0.2) is 30.8 Å². The summed E-state index contributed by atoms with van der Waals surface area (Å²) in [5.41, 5.74) is 1.42. The second-order valence-corrected chi connectivity index (χ2v) is 8.30. The van der Waals surface area contributed by atoms with E-state index in [1.54, 1.807) is 11.0 Å². The second-order valence-electron chi connectivity index (χ2n) is 8.30. The molecular formula is C24H26N2O5. The molecule has 2 aromatic rings. The molecule has 31 heavy (non-hydrogen) atoms. The largest absolute Gasteiger partial charge is 0.494 e. The minimum absolute atomic E-state index is 0.0572. The number of hydrogen-bond donors (Lipinski definition) is 1. The number of anilines is 2. The average molecular weight is 422 g/mol. The van der Waals surface area contributed by atoms with Crippen LogP contribution in [0.2, 0.25) is 0 Å². The highest BCUT2D eigenvalue weighted by atomic mass is 16.7. The Kier molecular flexibility index (Phi) is 4.96. The van der Waals surface area contributed by atoms with Gasteiger partial charge in [-0.1, -0.05) is 0 Å². The molecule has 3 aliphatic rings. The highest BCUT2D eigenvalue weighted by Crippen LogP contribution is 2.47. The Morgan fingerprint density at radius 2 is 1.87 bits per heavy atom. The number of fused-ring (bicyclic) bond motifs is 1. The van der Waals surface area contributed by atoms with Crippen molar-refractivity contribution in [3.8, 4) is 17.2 Å². The van der Waals surface area contributed by atoms with Gasteiger partial charge in [0.2, 0.25) is 11.8 Å². The van der Waals surface area contributed by atoms with Gasteiger partial charge in [-0.2, -0.15) is 0 Å². The number of carbonyl (C=O) groups excluding carboxylic acids is 2. The minimum atomic E-state index is -0.527. The third kappa shape index (κ3) is 3.80. The zero-order valence-electron chi connectivity index (χ0n) is 17.6. The molecule has 7 heteroatoms. The van der Waals surface area contributed by atoms with Crippen LogP contribution in [0.5, 0.6) is 17.2 Å². The van der Waals surface area contributed by atoms with Gasteiger partial charge in [0.05, 0.1) is 12.5 Å². The van der Waals surface area contributed by atoms with Gasteiger partial charge in [0.25, 0.3) is 5.79 Å². The SMILES string of the molecule is CCOc1ccc(N2CC(C(=O)Nc3ccc4c(c3)OC3(CCCC3)O4)CC2=O)cc1. The molecule has 1 aliphatic carbocycles. The van der Waals surface area contributed by atoms with Gasteiger partial charge < -0.3 is 24.4 Å². The van der Waals surface area contributed by atoms with E-state index in [0.717, 1.165) is 42.9 Å². The summed E-state index contributed by atoms with van der Waals surface area (Å²) < 4.78 is 17.5. The maximum Gasteiger partial charge on any atom is 0.251 e. The number of nitrogens with zero attached hydrogens (tertiary/aromatic N) is 1. The van der Waals surface area contributed by atoms with Crippen LogP contribution in [0.3, 0.4) is 0 Å². The fraction of sp³-hybridized carbons (Fsp3) is 0.417. The number of benzene rings is 2. The van der Waals surface area contributed by atoms with E-state index < -0.39 is 11.7 Å². The third-order valence-corrected chi connectivity index (χ3v) is 6.12. The van der Waals surface area contributed by atoms with Crippen LogP contribution in [0.15, 0.2) is 42.5 Å². The first kappa shape index (κ1) is 19.7. The van der Waals surface area contributed by atoms with E-state index in [0.29, 0.717) is 24.6 Å². The Hall–Kier alpha value is -3.22. The first-order valence-corrected chi connectivity index (χ1v) is 10.9. The molecule has 162 valence electrons. The third-order valence-electron chi connectivity index (χ3n) is 6.12. The lowest BCUT2D eigenvalue weighted by Crippen LogP contribution is -2.34. The fourth-order valence-electron chi connectivity index (χ4n) is 4.56. The highest BCUT2D eigenvalue weighted by Gasteiger charge is 2.44. The van der Waals surface area contributed by atoms with Crippen molar-refractivity contribution in [3.63, 3.8) is 0 Å². The molecule has 2 aromatic carbocycles. The Morgan fingerprint density at radius 3 is 2.61 bits per heavy atom. The number of hydrogen-bond acceptors (Lipinski definition) is 5. The van der Waals surface area contributed by atoms with E-state index >= 15 is 0 Å². The van der Waals surface area contributed by atoms with Crippen LogP contribution in [-0.2, 0) is 9.59 Å². The zero-order valence-corrected chi connectivity index (χ0v) is 17.6. The van der Waals surface area contributed by atoms with Gasteiger partial charge >= 0.3 is 0 Å². The van der Waals surface area contributed by atoms with Crippen molar-refractivity contribution in [2.24, 2.45) is 5.92 Å². The lowest BCUT2D eigenvalue weighted by Gasteiger charge is -2.21. The van der Waals surface area contributed by atoms with Gasteiger partial charge in [0.1, 0.15) is 5.75 Å². The molecule has 1 N–H and O–H groups in total. The number of rotatable bonds is 5. The van der Waals surface area contributed by atoms with Gasteiger partial charge in [-0.3, -0.25) is 9.59 Å². The summed E-state index contributed by atoms with van der Waals surface area (Å²) in [5, 5.41) is 2.94. The first-order chi connectivity index (χ1) is 15.0. The molecule has 0 aromatic heterocycles. The normalized spacial score (nSPS) is 21.0. The van der Waals surface area contributed by atoms with E-state index in [9.17, 15) is 9.59 Å². The van der Waals surface area contributed by atoms with E-state index in [1.165, 1.54) is 0 Å². The van der Waals surface area contributed by atoms with E-state index in [4.69, 9.17) is 14.2 Å². The van der Waals surface area contributed by atoms with Crippen molar-refractivity contribution in [1.82, 2.24) is 0 Å². The van der Waals surface area contributed by atoms with E-state index in [1.807, 2.05) is 43.3 Å². The van der Waals surface area contributed by atoms with Crippen LogP contribution >= 0.6 is 0 Å².